The molecule has 0 amide bonds. The first-order valence-corrected chi connectivity index (χ1v) is 27.7. The zero-order chi connectivity index (χ0) is 65.7. The normalized spacial score (nSPS) is 16.8. The Balaban J connectivity index is 0.00000867. The Labute approximate surface area is 510 Å². The van der Waals surface area contributed by atoms with Crippen LogP contribution in [0.1, 0.15) is 151 Å². The van der Waals surface area contributed by atoms with E-state index in [2.05, 4.69) is 118 Å². The number of rotatable bonds is 8. The van der Waals surface area contributed by atoms with Crippen molar-refractivity contribution in [1.29, 1.82) is 0 Å². The molecule has 81 heavy (non-hydrogen) atoms. The molecule has 0 atom stereocenters. The van der Waals surface area contributed by atoms with Crippen LogP contribution in [0.2, 0.25) is 0 Å². The summed E-state index contributed by atoms with van der Waals surface area (Å²) < 4.78 is 113. The van der Waals surface area contributed by atoms with Gasteiger partial charge in [-0.3, -0.25) is 0 Å². The minimum Gasteiger partial charge on any atom is -0.509 e. The van der Waals surface area contributed by atoms with E-state index in [1.165, 1.54) is 11.6 Å². The van der Waals surface area contributed by atoms with E-state index < -0.39 is 24.4 Å². The molecular weight excluding hydrogens is 1170 g/mol. The number of hydrogen-bond donors (Lipinski definition) is 0. The number of nitrogens with zero attached hydrogens (tertiary/aromatic N) is 4. The second kappa shape index (κ2) is 20.2. The molecule has 6 heteroatoms. The van der Waals surface area contributed by atoms with Gasteiger partial charge in [-0.2, -0.15) is 12.1 Å². The number of fused-ring (bicyclic) bond motifs is 5. The first-order chi connectivity index (χ1) is 42.5. The minimum absolute atomic E-state index is 0. The number of benzene rings is 8. The van der Waals surface area contributed by atoms with Gasteiger partial charge in [0, 0.05) is 45.0 Å². The summed E-state index contributed by atoms with van der Waals surface area (Å²) in [5.74, 6) is 0.594. The predicted molar refractivity (Wildman–Crippen MR) is 336 cm³/mol. The van der Waals surface area contributed by atoms with Gasteiger partial charge in [-0.15, -0.1) is 23.6 Å². The number of aryl methyl sites for hydroxylation is 1. The third-order valence-electron chi connectivity index (χ3n) is 16.2. The number of ether oxygens (including phenoxy) is 1. The molecule has 2 aromatic heterocycles. The molecule has 0 radical (unpaired) electrons. The molecule has 0 fully saturated rings. The van der Waals surface area contributed by atoms with Gasteiger partial charge in [-0.05, 0) is 131 Å². The van der Waals surface area contributed by atoms with Crippen molar-refractivity contribution in [3.05, 3.63) is 215 Å². The fourth-order valence-corrected chi connectivity index (χ4v) is 11.3. The van der Waals surface area contributed by atoms with Gasteiger partial charge in [-0.1, -0.05) is 209 Å². The van der Waals surface area contributed by atoms with E-state index in [4.69, 9.17) is 16.6 Å². The largest absolute Gasteiger partial charge is 2.00 e. The third kappa shape index (κ3) is 10.2. The fraction of sp³-hybridized carbons (Fsp3) is 0.280. The Bertz CT molecular complexity index is 4760. The van der Waals surface area contributed by atoms with Crippen LogP contribution in [0, 0.1) is 19.0 Å². The smallest absolute Gasteiger partial charge is 0.509 e. The summed E-state index contributed by atoms with van der Waals surface area (Å²) in [7, 11) is 0. The first kappa shape index (κ1) is 43.3. The van der Waals surface area contributed by atoms with E-state index >= 15 is 0 Å². The second-order valence-corrected chi connectivity index (χ2v) is 26.0. The molecule has 1 aliphatic heterocycles. The Morgan fingerprint density at radius 3 is 1.89 bits per heavy atom. The van der Waals surface area contributed by atoms with Gasteiger partial charge in [0.15, 0.2) is 0 Å². The van der Waals surface area contributed by atoms with Crippen LogP contribution >= 0.6 is 0 Å². The Morgan fingerprint density at radius 2 is 1.21 bits per heavy atom. The summed E-state index contributed by atoms with van der Waals surface area (Å²) in [6.07, 6.45) is 3.54. The maximum absolute atomic E-state index is 9.66. The minimum atomic E-state index is -2.62. The zero-order valence-electron chi connectivity index (χ0n) is 59.5. The average Bonchev–Trinajstić information content (AvgIpc) is 1.50. The van der Waals surface area contributed by atoms with E-state index in [1.54, 1.807) is 29.0 Å². The van der Waals surface area contributed by atoms with Gasteiger partial charge in [0.05, 0.1) is 22.1 Å². The quantitative estimate of drug-likeness (QED) is 0.112. The molecule has 3 heterocycles. The van der Waals surface area contributed by atoms with Crippen LogP contribution in [-0.4, -0.2) is 15.6 Å². The third-order valence-corrected chi connectivity index (χ3v) is 16.2. The molecule has 1 aliphatic carbocycles. The summed E-state index contributed by atoms with van der Waals surface area (Å²) in [4.78, 5) is 4.93. The molecule has 0 spiro atoms. The molecule has 408 valence electrons. The van der Waals surface area contributed by atoms with Crippen molar-refractivity contribution < 1.29 is 40.9 Å². The van der Waals surface area contributed by atoms with E-state index in [1.807, 2.05) is 90.6 Å². The molecule has 10 aromatic rings. The SMILES string of the molecule is [2H]c1c([2H])c(C(C)(C)C)c([2H])c([2H])c1-c1cccc(-c2cc(C(C)(C)C)cc(C(C)(C)C)c2)c1[N+]1=C=[N+](c2[c-]c(Oc3[c-]c4c(cc3)c3c([2H])c([2H])c([2H])c([2H])c3n4-c3cc(C([2H])([2H])[2H])c(-c4ccc5c(c4)C(C)(C)CCC5(C)C)cn3)ccc2)c2ccccc21.[Pt+2]. The van der Waals surface area contributed by atoms with Crippen LogP contribution in [0.25, 0.3) is 61.0 Å². The maximum Gasteiger partial charge on any atom is 2.00 e. The average molecular weight is 1250 g/mol. The Hall–Kier alpha value is -7.42. The van der Waals surface area contributed by atoms with Crippen molar-refractivity contribution in [3.63, 3.8) is 0 Å². The molecule has 0 unspecified atom stereocenters. The second-order valence-electron chi connectivity index (χ2n) is 26.0. The van der Waals surface area contributed by atoms with Crippen LogP contribution in [0.5, 0.6) is 11.5 Å². The molecule has 0 N–H and O–H groups in total. The Morgan fingerprint density at radius 1 is 0.580 bits per heavy atom. The summed E-state index contributed by atoms with van der Waals surface area (Å²) in [6.45, 7) is 25.1. The van der Waals surface area contributed by atoms with E-state index in [0.29, 0.717) is 39.0 Å². The van der Waals surface area contributed by atoms with Crippen molar-refractivity contribution in [2.75, 3.05) is 0 Å². The Kier molecular flexibility index (Phi) is 10.8. The molecule has 2 aliphatic rings. The number of aromatic nitrogens is 2. The molecule has 8 aromatic carbocycles. The standard InChI is InChI=1S/C75H74N4O.Pt/c1-48-39-69(76-46-62(48)50-31-36-63-64(42-50)75(13,14)38-37-74(63,11)12)79-65-26-16-15-23-60(65)61-35-34-57(45-68(61)79)80-56-22-19-21-55(44-56)77-47-78(67-28-18-17-27-66(67)77)70-58(49-29-32-52(33-30-49)71(2,3)4)24-20-25-59(70)51-40-53(72(5,6)7)43-54(41-51)73(8,9)10;/h15-36,39-43,46H,37-38H2,1-14H3;/q;+2/i1D3,15D,16D,23D,26D,29D,30D,32D,33D;. The van der Waals surface area contributed by atoms with Gasteiger partial charge in [0.25, 0.3) is 11.4 Å². The fourth-order valence-electron chi connectivity index (χ4n) is 11.3. The number of hydrogen-bond acceptors (Lipinski definition) is 2. The van der Waals surface area contributed by atoms with Crippen molar-refractivity contribution in [2.45, 2.75) is 137 Å². The van der Waals surface area contributed by atoms with Gasteiger partial charge in [0.1, 0.15) is 11.5 Å². The summed E-state index contributed by atoms with van der Waals surface area (Å²) in [5, 5.41) is 0.631. The van der Waals surface area contributed by atoms with Crippen molar-refractivity contribution >= 4 is 50.6 Å². The van der Waals surface area contributed by atoms with Crippen LogP contribution in [0.15, 0.2) is 170 Å². The van der Waals surface area contributed by atoms with Gasteiger partial charge in [0.2, 0.25) is 5.69 Å². The predicted octanol–water partition coefficient (Wildman–Crippen LogP) is 20.0. The van der Waals surface area contributed by atoms with Crippen LogP contribution in [0.4, 0.5) is 22.7 Å². The molecular formula is C75H74N4OPt+2. The van der Waals surface area contributed by atoms with Crippen molar-refractivity contribution in [3.8, 4) is 50.7 Å². The van der Waals surface area contributed by atoms with E-state index in [-0.39, 0.29) is 124 Å². The van der Waals surface area contributed by atoms with Crippen molar-refractivity contribution in [1.82, 2.24) is 18.7 Å². The zero-order valence-corrected chi connectivity index (χ0v) is 50.7. The maximum atomic E-state index is 9.66. The molecule has 0 saturated heterocycles. The van der Waals surface area contributed by atoms with E-state index in [9.17, 15) is 8.22 Å². The monoisotopic (exact) mass is 1250 g/mol. The number of pyridine rings is 1. The van der Waals surface area contributed by atoms with Gasteiger partial charge >= 0.3 is 27.1 Å². The number of para-hydroxylation sites is 4. The molecule has 0 bridgehead atoms. The molecule has 5 nitrogen and oxygen atoms in total. The van der Waals surface area contributed by atoms with Crippen LogP contribution in [0.3, 0.4) is 0 Å². The molecule has 0 saturated carbocycles. The van der Waals surface area contributed by atoms with Crippen molar-refractivity contribution in [2.24, 2.45) is 0 Å². The topological polar surface area (TPSA) is 33.1 Å². The van der Waals surface area contributed by atoms with Gasteiger partial charge in [-0.25, -0.2) is 4.98 Å². The summed E-state index contributed by atoms with van der Waals surface area (Å²) in [6, 6.07) is 45.3. The van der Waals surface area contributed by atoms with E-state index in [0.717, 1.165) is 52.0 Å². The molecule has 12 rings (SSSR count). The van der Waals surface area contributed by atoms with Gasteiger partial charge < -0.3 is 9.30 Å². The summed E-state index contributed by atoms with van der Waals surface area (Å²) >= 11 is 0. The first-order valence-electron chi connectivity index (χ1n) is 33.2. The van der Waals surface area contributed by atoms with Crippen LogP contribution < -0.4 is 13.9 Å². The van der Waals surface area contributed by atoms with Crippen LogP contribution in [-0.2, 0) is 48.1 Å². The summed E-state index contributed by atoms with van der Waals surface area (Å²) in [5.41, 5.74) is 10.1.